The molecule has 2 aromatic carbocycles. The standard InChI is InChI=1S/C23H22F2N4O5S/c1-35(33,34)16-7-5-14(6-8-16)21-18(10-9-17-19(24)3-2-4-20(17)25)22(26-13-32)29-23(28-21)27-15(11-30)12-31/h2-10,13,15,30-31H,11-12H2,1H3,(H2,26,27,28,29,32)/b10-9-. The number of rotatable bonds is 10. The van der Waals surface area contributed by atoms with Crippen molar-refractivity contribution in [2.24, 2.45) is 0 Å². The van der Waals surface area contributed by atoms with E-state index in [-0.39, 0.29) is 33.5 Å². The van der Waals surface area contributed by atoms with Gasteiger partial charge in [0.1, 0.15) is 17.5 Å². The van der Waals surface area contributed by atoms with E-state index in [1.54, 1.807) is 0 Å². The smallest absolute Gasteiger partial charge is 0.225 e. The number of carbonyl (C=O) groups is 1. The first-order valence-corrected chi connectivity index (χ1v) is 12.1. The lowest BCUT2D eigenvalue weighted by Crippen LogP contribution is -2.29. The maximum atomic E-state index is 14.2. The Labute approximate surface area is 200 Å². The summed E-state index contributed by atoms with van der Waals surface area (Å²) in [5, 5.41) is 23.9. The topological polar surface area (TPSA) is 142 Å². The molecule has 0 aliphatic carbocycles. The minimum Gasteiger partial charge on any atom is -0.394 e. The Bertz CT molecular complexity index is 1320. The second kappa shape index (κ2) is 11.1. The Balaban J connectivity index is 2.22. The van der Waals surface area contributed by atoms with E-state index in [0.717, 1.165) is 24.5 Å². The number of nitrogens with zero attached hydrogens (tertiary/aromatic N) is 2. The molecule has 0 aliphatic rings. The fourth-order valence-electron chi connectivity index (χ4n) is 3.11. The quantitative estimate of drug-likeness (QED) is 0.308. The molecule has 0 spiro atoms. The Morgan fingerprint density at radius 1 is 0.971 bits per heavy atom. The van der Waals surface area contributed by atoms with Gasteiger partial charge < -0.3 is 20.8 Å². The molecule has 35 heavy (non-hydrogen) atoms. The molecule has 3 rings (SSSR count). The van der Waals surface area contributed by atoms with Crippen LogP contribution in [0.15, 0.2) is 47.4 Å². The fourth-order valence-corrected chi connectivity index (χ4v) is 3.74. The molecule has 1 amide bonds. The number of nitrogens with one attached hydrogen (secondary N) is 2. The van der Waals surface area contributed by atoms with Gasteiger partial charge in [-0.2, -0.15) is 4.98 Å². The van der Waals surface area contributed by atoms with Crippen LogP contribution in [0.3, 0.4) is 0 Å². The van der Waals surface area contributed by atoms with Gasteiger partial charge in [-0.3, -0.25) is 4.79 Å². The zero-order chi connectivity index (χ0) is 25.6. The lowest BCUT2D eigenvalue weighted by molar-refractivity contribution is -0.105. The first kappa shape index (κ1) is 25.9. The van der Waals surface area contributed by atoms with Crippen LogP contribution in [0, 0.1) is 11.6 Å². The van der Waals surface area contributed by atoms with Crippen molar-refractivity contribution in [2.75, 3.05) is 30.1 Å². The summed E-state index contributed by atoms with van der Waals surface area (Å²) in [5.74, 6) is -1.72. The molecule has 184 valence electrons. The molecule has 0 radical (unpaired) electrons. The minimum absolute atomic E-state index is 0.0395. The van der Waals surface area contributed by atoms with Crippen LogP contribution >= 0.6 is 0 Å². The third kappa shape index (κ3) is 6.23. The van der Waals surface area contributed by atoms with Gasteiger partial charge in [-0.25, -0.2) is 22.2 Å². The first-order chi connectivity index (χ1) is 16.7. The van der Waals surface area contributed by atoms with Crippen molar-refractivity contribution < 1.29 is 32.2 Å². The molecule has 1 heterocycles. The number of aromatic nitrogens is 2. The van der Waals surface area contributed by atoms with Crippen LogP contribution in [0.4, 0.5) is 20.5 Å². The van der Waals surface area contributed by atoms with Gasteiger partial charge in [-0.05, 0) is 36.4 Å². The maximum Gasteiger partial charge on any atom is 0.225 e. The molecular weight excluding hydrogens is 482 g/mol. The van der Waals surface area contributed by atoms with E-state index in [1.807, 2.05) is 0 Å². The van der Waals surface area contributed by atoms with Crippen LogP contribution in [0.25, 0.3) is 23.4 Å². The Morgan fingerprint density at radius 3 is 2.11 bits per heavy atom. The summed E-state index contributed by atoms with van der Waals surface area (Å²) in [7, 11) is -3.47. The van der Waals surface area contributed by atoms with Crippen LogP contribution in [-0.4, -0.2) is 60.5 Å². The molecule has 0 bridgehead atoms. The van der Waals surface area contributed by atoms with E-state index < -0.39 is 40.7 Å². The molecule has 12 heteroatoms. The third-order valence-electron chi connectivity index (χ3n) is 4.89. The van der Waals surface area contributed by atoms with E-state index in [0.29, 0.717) is 12.0 Å². The summed E-state index contributed by atoms with van der Waals surface area (Å²) >= 11 is 0. The fraction of sp³-hybridized carbons (Fsp3) is 0.174. The molecular formula is C23H22F2N4O5S. The van der Waals surface area contributed by atoms with Gasteiger partial charge in [0, 0.05) is 22.9 Å². The molecule has 0 saturated heterocycles. The summed E-state index contributed by atoms with van der Waals surface area (Å²) in [6, 6.07) is 8.26. The van der Waals surface area contributed by atoms with E-state index in [1.165, 1.54) is 36.4 Å². The number of carbonyl (C=O) groups excluding carboxylic acids is 1. The Kier molecular flexibility index (Phi) is 8.22. The number of aliphatic hydroxyl groups excluding tert-OH is 2. The van der Waals surface area contributed by atoms with Gasteiger partial charge >= 0.3 is 0 Å². The number of aliphatic hydroxyl groups is 2. The van der Waals surface area contributed by atoms with E-state index >= 15 is 0 Å². The first-order valence-electron chi connectivity index (χ1n) is 10.2. The van der Waals surface area contributed by atoms with Gasteiger partial charge in [0.2, 0.25) is 12.4 Å². The van der Waals surface area contributed by atoms with E-state index in [9.17, 15) is 32.2 Å². The molecule has 0 unspecified atom stereocenters. The number of halogens is 2. The molecule has 0 saturated carbocycles. The lowest BCUT2D eigenvalue weighted by Gasteiger charge is -2.17. The van der Waals surface area contributed by atoms with Gasteiger partial charge in [-0.15, -0.1) is 0 Å². The summed E-state index contributed by atoms with van der Waals surface area (Å²) in [6.07, 6.45) is 3.87. The van der Waals surface area contributed by atoms with Crippen LogP contribution in [0.1, 0.15) is 11.1 Å². The van der Waals surface area contributed by atoms with Crippen molar-refractivity contribution in [1.82, 2.24) is 9.97 Å². The molecule has 0 aliphatic heterocycles. The average Bonchev–Trinajstić information content (AvgIpc) is 2.82. The number of hydrogen-bond acceptors (Lipinski definition) is 8. The molecule has 1 aromatic heterocycles. The summed E-state index contributed by atoms with van der Waals surface area (Å²) < 4.78 is 52.0. The molecule has 9 nitrogen and oxygen atoms in total. The van der Waals surface area contributed by atoms with Gasteiger partial charge in [0.25, 0.3) is 0 Å². The third-order valence-corrected chi connectivity index (χ3v) is 6.02. The van der Waals surface area contributed by atoms with E-state index in [4.69, 9.17) is 0 Å². The highest BCUT2D eigenvalue weighted by Crippen LogP contribution is 2.31. The Morgan fingerprint density at radius 2 is 1.57 bits per heavy atom. The zero-order valence-electron chi connectivity index (χ0n) is 18.4. The van der Waals surface area contributed by atoms with E-state index in [2.05, 4.69) is 20.6 Å². The van der Waals surface area contributed by atoms with Crippen LogP contribution in [0.2, 0.25) is 0 Å². The number of hydrogen-bond donors (Lipinski definition) is 4. The number of sulfone groups is 1. The normalized spacial score (nSPS) is 11.7. The van der Waals surface area contributed by atoms with Crippen molar-refractivity contribution in [3.63, 3.8) is 0 Å². The molecule has 0 fully saturated rings. The maximum absolute atomic E-state index is 14.2. The van der Waals surface area contributed by atoms with Crippen molar-refractivity contribution in [2.45, 2.75) is 10.9 Å². The Hall–Kier alpha value is -3.74. The van der Waals surface area contributed by atoms with Gasteiger partial charge in [0.15, 0.2) is 9.84 Å². The average molecular weight is 505 g/mol. The van der Waals surface area contributed by atoms with Crippen LogP contribution in [-0.2, 0) is 14.6 Å². The predicted octanol–water partition coefficient (Wildman–Crippen LogP) is 2.33. The summed E-state index contributed by atoms with van der Waals surface area (Å²) in [4.78, 5) is 19.9. The predicted molar refractivity (Wildman–Crippen MR) is 127 cm³/mol. The highest BCUT2D eigenvalue weighted by atomic mass is 32.2. The second-order valence-corrected chi connectivity index (χ2v) is 9.41. The number of anilines is 2. The SMILES string of the molecule is CS(=O)(=O)c1ccc(-c2nc(NC(CO)CO)nc(NC=O)c2/C=C\c2c(F)cccc2F)cc1. The monoisotopic (exact) mass is 504 g/mol. The molecule has 4 N–H and O–H groups in total. The van der Waals surface area contributed by atoms with Crippen molar-refractivity contribution in [3.8, 4) is 11.3 Å². The number of benzene rings is 2. The second-order valence-electron chi connectivity index (χ2n) is 7.39. The largest absolute Gasteiger partial charge is 0.394 e. The highest BCUT2D eigenvalue weighted by molar-refractivity contribution is 7.90. The highest BCUT2D eigenvalue weighted by Gasteiger charge is 2.18. The van der Waals surface area contributed by atoms with Crippen LogP contribution < -0.4 is 10.6 Å². The minimum atomic E-state index is -3.47. The van der Waals surface area contributed by atoms with Gasteiger partial charge in [-0.1, -0.05) is 18.2 Å². The molecule has 0 atom stereocenters. The lowest BCUT2D eigenvalue weighted by atomic mass is 10.0. The van der Waals surface area contributed by atoms with Crippen molar-refractivity contribution >= 4 is 40.2 Å². The van der Waals surface area contributed by atoms with Gasteiger partial charge in [0.05, 0.1) is 29.8 Å². The van der Waals surface area contributed by atoms with Crippen molar-refractivity contribution in [3.05, 3.63) is 65.2 Å². The summed E-state index contributed by atoms with van der Waals surface area (Å²) in [5.41, 5.74) is 0.414. The number of amides is 1. The summed E-state index contributed by atoms with van der Waals surface area (Å²) in [6.45, 7) is -0.883. The zero-order valence-corrected chi connectivity index (χ0v) is 19.3. The van der Waals surface area contributed by atoms with Crippen molar-refractivity contribution in [1.29, 1.82) is 0 Å². The molecule has 3 aromatic rings. The van der Waals surface area contributed by atoms with Crippen LogP contribution in [0.5, 0.6) is 0 Å².